The SMILES string of the molecule is Cc1ccc(-n2nc(C(=O)N3CCOCC3c3ccc(C)o3)cc2C)cc1. The molecular formula is C21H23N3O3. The van der Waals surface area contributed by atoms with Crippen molar-refractivity contribution < 1.29 is 13.9 Å². The van der Waals surface area contributed by atoms with Crippen LogP contribution in [0.1, 0.15) is 39.3 Å². The number of aryl methyl sites for hydroxylation is 3. The number of morpholine rings is 1. The maximum Gasteiger partial charge on any atom is 0.275 e. The minimum Gasteiger partial charge on any atom is -0.464 e. The molecule has 2 aromatic heterocycles. The average molecular weight is 365 g/mol. The maximum atomic E-state index is 13.2. The molecule has 1 aliphatic rings. The Hall–Kier alpha value is -2.86. The van der Waals surface area contributed by atoms with Crippen LogP contribution in [-0.4, -0.2) is 40.3 Å². The number of furan rings is 1. The molecule has 3 aromatic rings. The number of hydrogen-bond donors (Lipinski definition) is 0. The van der Waals surface area contributed by atoms with Crippen LogP contribution in [0.4, 0.5) is 0 Å². The quantitative estimate of drug-likeness (QED) is 0.711. The lowest BCUT2D eigenvalue weighted by Crippen LogP contribution is -2.43. The number of aromatic nitrogens is 2. The Kier molecular flexibility index (Phi) is 4.58. The topological polar surface area (TPSA) is 60.5 Å². The summed E-state index contributed by atoms with van der Waals surface area (Å²) in [4.78, 5) is 15.0. The van der Waals surface area contributed by atoms with Crippen molar-refractivity contribution >= 4 is 5.91 Å². The number of carbonyl (C=O) groups is 1. The summed E-state index contributed by atoms with van der Waals surface area (Å²) >= 11 is 0. The number of hydrogen-bond acceptors (Lipinski definition) is 4. The second-order valence-electron chi connectivity index (χ2n) is 6.96. The summed E-state index contributed by atoms with van der Waals surface area (Å²) in [6.45, 7) is 7.35. The van der Waals surface area contributed by atoms with Crippen LogP contribution in [0.15, 0.2) is 46.9 Å². The molecule has 6 nitrogen and oxygen atoms in total. The Balaban J connectivity index is 1.63. The summed E-state index contributed by atoms with van der Waals surface area (Å²) in [5.74, 6) is 1.46. The lowest BCUT2D eigenvalue weighted by molar-refractivity contribution is -0.00926. The maximum absolute atomic E-state index is 13.2. The van der Waals surface area contributed by atoms with Crippen molar-refractivity contribution in [1.82, 2.24) is 14.7 Å². The molecule has 1 aliphatic heterocycles. The third-order valence-electron chi connectivity index (χ3n) is 4.86. The molecule has 0 aliphatic carbocycles. The standard InChI is InChI=1S/C21H23N3O3/c1-14-4-7-17(8-5-14)24-15(2)12-18(22-24)21(25)23-10-11-26-13-19(23)20-9-6-16(3)27-20/h4-9,12,19H,10-11,13H2,1-3H3. The minimum absolute atomic E-state index is 0.105. The second-order valence-corrected chi connectivity index (χ2v) is 6.96. The van der Waals surface area contributed by atoms with Crippen molar-refractivity contribution in [2.24, 2.45) is 0 Å². The smallest absolute Gasteiger partial charge is 0.275 e. The molecule has 27 heavy (non-hydrogen) atoms. The van der Waals surface area contributed by atoms with Gasteiger partial charge in [-0.1, -0.05) is 17.7 Å². The van der Waals surface area contributed by atoms with Crippen LogP contribution in [0.2, 0.25) is 0 Å². The lowest BCUT2D eigenvalue weighted by Gasteiger charge is -2.33. The number of amides is 1. The van der Waals surface area contributed by atoms with Gasteiger partial charge in [-0.25, -0.2) is 4.68 Å². The molecule has 1 unspecified atom stereocenters. The molecule has 0 saturated carbocycles. The summed E-state index contributed by atoms with van der Waals surface area (Å²) < 4.78 is 13.1. The van der Waals surface area contributed by atoms with Gasteiger partial charge >= 0.3 is 0 Å². The van der Waals surface area contributed by atoms with Crippen molar-refractivity contribution in [2.75, 3.05) is 19.8 Å². The van der Waals surface area contributed by atoms with Crippen molar-refractivity contribution in [3.63, 3.8) is 0 Å². The Labute approximate surface area is 158 Å². The summed E-state index contributed by atoms with van der Waals surface area (Å²) in [5.41, 5.74) is 3.48. The molecule has 0 radical (unpaired) electrons. The van der Waals surface area contributed by atoms with Gasteiger partial charge in [0.05, 0.1) is 18.9 Å². The van der Waals surface area contributed by atoms with Gasteiger partial charge in [-0.05, 0) is 51.1 Å². The van der Waals surface area contributed by atoms with Crippen molar-refractivity contribution in [3.8, 4) is 5.69 Å². The van der Waals surface area contributed by atoms with Gasteiger partial charge in [0.1, 0.15) is 17.6 Å². The predicted molar refractivity (Wildman–Crippen MR) is 101 cm³/mol. The van der Waals surface area contributed by atoms with Crippen LogP contribution in [0.5, 0.6) is 0 Å². The van der Waals surface area contributed by atoms with Crippen molar-refractivity contribution in [3.05, 3.63) is 70.9 Å². The number of benzene rings is 1. The molecule has 0 spiro atoms. The first-order chi connectivity index (χ1) is 13.0. The Bertz CT molecular complexity index is 955. The van der Waals surface area contributed by atoms with Crippen LogP contribution in [0.3, 0.4) is 0 Å². The Morgan fingerprint density at radius 2 is 1.89 bits per heavy atom. The Morgan fingerprint density at radius 3 is 2.59 bits per heavy atom. The molecule has 1 fully saturated rings. The lowest BCUT2D eigenvalue weighted by atomic mass is 10.1. The van der Waals surface area contributed by atoms with Gasteiger partial charge < -0.3 is 14.1 Å². The van der Waals surface area contributed by atoms with E-state index in [1.165, 1.54) is 5.56 Å². The first-order valence-electron chi connectivity index (χ1n) is 9.11. The second kappa shape index (κ2) is 7.04. The Morgan fingerprint density at radius 1 is 1.11 bits per heavy atom. The van der Waals surface area contributed by atoms with E-state index < -0.39 is 0 Å². The fourth-order valence-corrected chi connectivity index (χ4v) is 3.39. The zero-order chi connectivity index (χ0) is 19.0. The van der Waals surface area contributed by atoms with E-state index in [9.17, 15) is 4.79 Å². The van der Waals surface area contributed by atoms with E-state index in [2.05, 4.69) is 5.10 Å². The highest BCUT2D eigenvalue weighted by Gasteiger charge is 2.32. The van der Waals surface area contributed by atoms with Crippen molar-refractivity contribution in [1.29, 1.82) is 0 Å². The summed E-state index contributed by atoms with van der Waals surface area (Å²) in [6, 6.07) is 13.5. The average Bonchev–Trinajstić information content (AvgIpc) is 3.28. The van der Waals surface area contributed by atoms with Crippen LogP contribution in [0.25, 0.3) is 5.69 Å². The molecule has 1 atom stereocenters. The molecular weight excluding hydrogens is 342 g/mol. The third-order valence-corrected chi connectivity index (χ3v) is 4.86. The molecule has 140 valence electrons. The normalized spacial score (nSPS) is 17.3. The van der Waals surface area contributed by atoms with Gasteiger partial charge in [-0.3, -0.25) is 4.79 Å². The van der Waals surface area contributed by atoms with Gasteiger partial charge in [-0.15, -0.1) is 0 Å². The van der Waals surface area contributed by atoms with E-state index in [4.69, 9.17) is 9.15 Å². The first-order valence-corrected chi connectivity index (χ1v) is 9.11. The zero-order valence-electron chi connectivity index (χ0n) is 15.8. The highest BCUT2D eigenvalue weighted by atomic mass is 16.5. The van der Waals surface area contributed by atoms with Crippen LogP contribution < -0.4 is 0 Å². The van der Waals surface area contributed by atoms with E-state index in [-0.39, 0.29) is 11.9 Å². The number of ether oxygens (including phenoxy) is 1. The van der Waals surface area contributed by atoms with Crippen LogP contribution in [0, 0.1) is 20.8 Å². The monoisotopic (exact) mass is 365 g/mol. The molecule has 6 heteroatoms. The molecule has 1 saturated heterocycles. The largest absolute Gasteiger partial charge is 0.464 e. The minimum atomic E-state index is -0.232. The van der Waals surface area contributed by atoms with E-state index >= 15 is 0 Å². The number of carbonyl (C=O) groups excluding carboxylic acids is 1. The number of nitrogens with zero attached hydrogens (tertiary/aromatic N) is 3. The van der Waals surface area contributed by atoms with Crippen LogP contribution >= 0.6 is 0 Å². The van der Waals surface area contributed by atoms with Gasteiger partial charge in [0.2, 0.25) is 0 Å². The van der Waals surface area contributed by atoms with E-state index in [0.29, 0.717) is 25.5 Å². The molecule has 3 heterocycles. The zero-order valence-corrected chi connectivity index (χ0v) is 15.8. The van der Waals surface area contributed by atoms with Crippen molar-refractivity contribution in [2.45, 2.75) is 26.8 Å². The van der Waals surface area contributed by atoms with E-state index in [1.54, 1.807) is 9.58 Å². The first kappa shape index (κ1) is 17.5. The highest BCUT2D eigenvalue weighted by Crippen LogP contribution is 2.27. The molecule has 1 amide bonds. The van der Waals surface area contributed by atoms with Crippen LogP contribution in [-0.2, 0) is 4.74 Å². The van der Waals surface area contributed by atoms with Gasteiger partial charge in [0.15, 0.2) is 5.69 Å². The fraction of sp³-hybridized carbons (Fsp3) is 0.333. The number of rotatable bonds is 3. The highest BCUT2D eigenvalue weighted by molar-refractivity contribution is 5.92. The summed E-state index contributed by atoms with van der Waals surface area (Å²) in [6.07, 6.45) is 0. The molecule has 4 rings (SSSR count). The third kappa shape index (κ3) is 3.40. The molecule has 1 aromatic carbocycles. The van der Waals surface area contributed by atoms with Gasteiger partial charge in [0.25, 0.3) is 5.91 Å². The summed E-state index contributed by atoms with van der Waals surface area (Å²) in [7, 11) is 0. The fourth-order valence-electron chi connectivity index (χ4n) is 3.39. The van der Waals surface area contributed by atoms with Gasteiger partial charge in [-0.2, -0.15) is 5.10 Å². The van der Waals surface area contributed by atoms with Gasteiger partial charge in [0, 0.05) is 12.2 Å². The predicted octanol–water partition coefficient (Wildman–Crippen LogP) is 3.60. The summed E-state index contributed by atoms with van der Waals surface area (Å²) in [5, 5.41) is 4.57. The molecule has 0 bridgehead atoms. The molecule has 0 N–H and O–H groups in total. The van der Waals surface area contributed by atoms with E-state index in [0.717, 1.165) is 22.9 Å². The van der Waals surface area contributed by atoms with E-state index in [1.807, 2.05) is 63.2 Å².